The molecule has 13 heavy (non-hydrogen) atoms. The first-order chi connectivity index (χ1) is 6.24. The summed E-state index contributed by atoms with van der Waals surface area (Å²) in [6.07, 6.45) is -1.83. The van der Waals surface area contributed by atoms with Crippen molar-refractivity contribution in [1.82, 2.24) is 0 Å². The van der Waals surface area contributed by atoms with E-state index in [0.717, 1.165) is 0 Å². The molecule has 4 atom stereocenters. The molecule has 0 aliphatic carbocycles. The summed E-state index contributed by atoms with van der Waals surface area (Å²) in [6, 6.07) is 0. The van der Waals surface area contributed by atoms with Gasteiger partial charge in [0.15, 0.2) is 6.29 Å². The molecule has 0 radical (unpaired) electrons. The molecule has 1 saturated heterocycles. The van der Waals surface area contributed by atoms with Crippen LogP contribution in [0.1, 0.15) is 0 Å². The highest BCUT2D eigenvalue weighted by molar-refractivity contribution is 4.84. The molecule has 5 heteroatoms. The molecule has 0 aromatic carbocycles. The highest BCUT2D eigenvalue weighted by Gasteiger charge is 2.39. The summed E-state index contributed by atoms with van der Waals surface area (Å²) >= 11 is 0. The number of ether oxygens (including phenoxy) is 3. The maximum absolute atomic E-state index is 9.37. The second-order valence-electron chi connectivity index (χ2n) is 3.07. The number of hydrogen-bond donors (Lipinski definition) is 2. The number of aliphatic hydroxyl groups excluding tert-OH is 2. The Morgan fingerprint density at radius 2 is 1.92 bits per heavy atom. The van der Waals surface area contributed by atoms with Crippen molar-refractivity contribution in [2.45, 2.75) is 18.5 Å². The molecule has 1 fully saturated rings. The number of aliphatic hydroxyl groups is 2. The lowest BCUT2D eigenvalue weighted by atomic mass is 9.96. The monoisotopic (exact) mass is 192 g/mol. The molecule has 1 aliphatic heterocycles. The molecule has 0 unspecified atom stereocenters. The fraction of sp³-hybridized carbons (Fsp3) is 1.00. The molecule has 2 N–H and O–H groups in total. The molecule has 78 valence electrons. The average molecular weight is 192 g/mol. The Bertz CT molecular complexity index is 151. The lowest BCUT2D eigenvalue weighted by molar-refractivity contribution is -0.255. The molecular formula is C8H16O5. The van der Waals surface area contributed by atoms with Crippen LogP contribution in [0.2, 0.25) is 0 Å². The van der Waals surface area contributed by atoms with Crippen molar-refractivity contribution in [3.8, 4) is 0 Å². The van der Waals surface area contributed by atoms with Crippen molar-refractivity contribution in [3.63, 3.8) is 0 Å². The van der Waals surface area contributed by atoms with Crippen LogP contribution in [0.3, 0.4) is 0 Å². The predicted molar refractivity (Wildman–Crippen MR) is 44.1 cm³/mol. The van der Waals surface area contributed by atoms with Crippen molar-refractivity contribution >= 4 is 0 Å². The Labute approximate surface area is 77.2 Å². The van der Waals surface area contributed by atoms with Crippen LogP contribution in [-0.2, 0) is 14.2 Å². The van der Waals surface area contributed by atoms with E-state index in [1.807, 2.05) is 0 Å². The summed E-state index contributed by atoms with van der Waals surface area (Å²) in [7, 11) is 3.00. The van der Waals surface area contributed by atoms with E-state index in [1.54, 1.807) is 0 Å². The summed E-state index contributed by atoms with van der Waals surface area (Å²) in [5.41, 5.74) is 0. The molecule has 0 saturated carbocycles. The van der Waals surface area contributed by atoms with Gasteiger partial charge in [0, 0.05) is 20.1 Å². The molecule has 1 heterocycles. The van der Waals surface area contributed by atoms with Gasteiger partial charge in [-0.2, -0.15) is 0 Å². The minimum atomic E-state index is -0.974. The van der Waals surface area contributed by atoms with Gasteiger partial charge in [0.25, 0.3) is 0 Å². The molecule has 0 bridgehead atoms. The Kier molecular flexibility index (Phi) is 4.08. The summed E-state index contributed by atoms with van der Waals surface area (Å²) in [5, 5.41) is 18.4. The third-order valence-corrected chi connectivity index (χ3v) is 2.33. The zero-order valence-electron chi connectivity index (χ0n) is 7.84. The molecule has 1 rings (SSSR count). The second-order valence-corrected chi connectivity index (χ2v) is 3.07. The van der Waals surface area contributed by atoms with Crippen molar-refractivity contribution in [2.75, 3.05) is 27.4 Å². The van der Waals surface area contributed by atoms with Crippen molar-refractivity contribution in [1.29, 1.82) is 0 Å². The zero-order valence-corrected chi connectivity index (χ0v) is 7.84. The Balaban J connectivity index is 2.64. The van der Waals surface area contributed by atoms with Gasteiger partial charge in [-0.05, 0) is 0 Å². The SMILES string of the molecule is CO[C@@H]1[C@H](CO)CO[C@@H](O)[C@H]1OC. The standard InChI is InChI=1S/C8H16O5/c1-11-6-5(3-9)4-13-8(10)7(6)12-2/h5-10H,3-4H2,1-2H3/t5-,6-,7+,8-/m1/s1. The predicted octanol–water partition coefficient (Wildman–Crippen LogP) is -1.03. The van der Waals surface area contributed by atoms with Gasteiger partial charge in [-0.25, -0.2) is 0 Å². The molecule has 1 aliphatic rings. The van der Waals surface area contributed by atoms with E-state index in [-0.39, 0.29) is 25.2 Å². The van der Waals surface area contributed by atoms with Gasteiger partial charge in [0.05, 0.1) is 19.3 Å². The van der Waals surface area contributed by atoms with Crippen molar-refractivity contribution < 1.29 is 24.4 Å². The van der Waals surface area contributed by atoms with Crippen LogP contribution in [-0.4, -0.2) is 56.1 Å². The van der Waals surface area contributed by atoms with Crippen LogP contribution in [0.5, 0.6) is 0 Å². The molecule has 5 nitrogen and oxygen atoms in total. The normalized spacial score (nSPS) is 40.6. The highest BCUT2D eigenvalue weighted by atomic mass is 16.6. The molecule has 0 aromatic rings. The van der Waals surface area contributed by atoms with E-state index in [4.69, 9.17) is 19.3 Å². The molecular weight excluding hydrogens is 176 g/mol. The largest absolute Gasteiger partial charge is 0.396 e. The minimum Gasteiger partial charge on any atom is -0.396 e. The van der Waals surface area contributed by atoms with E-state index in [2.05, 4.69) is 0 Å². The molecule has 0 spiro atoms. The van der Waals surface area contributed by atoms with E-state index in [0.29, 0.717) is 0 Å². The Morgan fingerprint density at radius 1 is 1.31 bits per heavy atom. The van der Waals surface area contributed by atoms with Gasteiger partial charge < -0.3 is 24.4 Å². The lowest BCUT2D eigenvalue weighted by Crippen LogP contribution is -2.52. The van der Waals surface area contributed by atoms with Gasteiger partial charge in [-0.1, -0.05) is 0 Å². The summed E-state index contributed by atoms with van der Waals surface area (Å²) in [6.45, 7) is 0.251. The minimum absolute atomic E-state index is 0.0366. The topological polar surface area (TPSA) is 68.2 Å². The maximum atomic E-state index is 9.37. The highest BCUT2D eigenvalue weighted by Crippen LogP contribution is 2.23. The van der Waals surface area contributed by atoms with Gasteiger partial charge in [-0.15, -0.1) is 0 Å². The Hall–Kier alpha value is -0.200. The van der Waals surface area contributed by atoms with Crippen LogP contribution in [0.25, 0.3) is 0 Å². The van der Waals surface area contributed by atoms with Crippen LogP contribution in [0.4, 0.5) is 0 Å². The van der Waals surface area contributed by atoms with Crippen LogP contribution in [0.15, 0.2) is 0 Å². The van der Waals surface area contributed by atoms with Crippen molar-refractivity contribution in [2.24, 2.45) is 5.92 Å². The zero-order chi connectivity index (χ0) is 9.84. The van der Waals surface area contributed by atoms with Gasteiger partial charge in [0.1, 0.15) is 6.10 Å². The van der Waals surface area contributed by atoms with Crippen LogP contribution >= 0.6 is 0 Å². The van der Waals surface area contributed by atoms with Gasteiger partial charge in [0.2, 0.25) is 0 Å². The smallest absolute Gasteiger partial charge is 0.183 e. The number of rotatable bonds is 3. The first kappa shape index (κ1) is 10.9. The third kappa shape index (κ3) is 2.18. The van der Waals surface area contributed by atoms with E-state index in [1.165, 1.54) is 14.2 Å². The van der Waals surface area contributed by atoms with Crippen molar-refractivity contribution in [3.05, 3.63) is 0 Å². The number of hydrogen-bond acceptors (Lipinski definition) is 5. The summed E-state index contributed by atoms with van der Waals surface area (Å²) in [5.74, 6) is -0.140. The molecule has 0 aromatic heterocycles. The van der Waals surface area contributed by atoms with Gasteiger partial charge >= 0.3 is 0 Å². The third-order valence-electron chi connectivity index (χ3n) is 2.33. The fourth-order valence-electron chi connectivity index (χ4n) is 1.58. The second kappa shape index (κ2) is 4.88. The summed E-state index contributed by atoms with van der Waals surface area (Å²) < 4.78 is 15.2. The lowest BCUT2D eigenvalue weighted by Gasteiger charge is -2.38. The van der Waals surface area contributed by atoms with E-state index >= 15 is 0 Å². The molecule has 0 amide bonds. The average Bonchev–Trinajstić information content (AvgIpc) is 2.17. The maximum Gasteiger partial charge on any atom is 0.183 e. The van der Waals surface area contributed by atoms with Crippen LogP contribution in [0, 0.1) is 5.92 Å². The Morgan fingerprint density at radius 3 is 2.38 bits per heavy atom. The number of methoxy groups -OCH3 is 2. The van der Waals surface area contributed by atoms with Crippen LogP contribution < -0.4 is 0 Å². The fourth-order valence-corrected chi connectivity index (χ4v) is 1.58. The first-order valence-electron chi connectivity index (χ1n) is 4.20. The van der Waals surface area contributed by atoms with E-state index < -0.39 is 12.4 Å². The van der Waals surface area contributed by atoms with Gasteiger partial charge in [-0.3, -0.25) is 0 Å². The summed E-state index contributed by atoms with van der Waals surface area (Å²) in [4.78, 5) is 0. The van der Waals surface area contributed by atoms with E-state index in [9.17, 15) is 5.11 Å². The quantitative estimate of drug-likeness (QED) is 0.598. The first-order valence-corrected chi connectivity index (χ1v) is 4.20.